The molecule has 0 unspecified atom stereocenters. The fourth-order valence-electron chi connectivity index (χ4n) is 9.59. The van der Waals surface area contributed by atoms with Crippen molar-refractivity contribution in [2.75, 3.05) is 0 Å². The highest BCUT2D eigenvalue weighted by molar-refractivity contribution is 6.25. The molecular formula is C48H31N3. The van der Waals surface area contributed by atoms with Crippen molar-refractivity contribution in [1.82, 2.24) is 14.0 Å². The van der Waals surface area contributed by atoms with Gasteiger partial charge in [-0.2, -0.15) is 0 Å². The topological polar surface area (TPSA) is 22.2 Å². The summed E-state index contributed by atoms with van der Waals surface area (Å²) in [6.07, 6.45) is 0. The molecule has 0 aliphatic heterocycles. The number of hydrogen-bond donors (Lipinski definition) is 0. The fourth-order valence-corrected chi connectivity index (χ4v) is 9.59. The Hall–Kier alpha value is -6.45. The molecule has 0 N–H and O–H groups in total. The van der Waals surface area contributed by atoms with E-state index in [0.29, 0.717) is 0 Å². The van der Waals surface area contributed by atoms with Crippen molar-refractivity contribution in [2.45, 2.75) is 19.3 Å². The number of rotatable bonds is 1. The molecule has 3 nitrogen and oxygen atoms in total. The lowest BCUT2D eigenvalue weighted by Gasteiger charge is -2.35. The second-order valence-corrected chi connectivity index (χ2v) is 14.7. The number of hydrogen-bond acceptors (Lipinski definition) is 1. The minimum atomic E-state index is -0.115. The third-order valence-electron chi connectivity index (χ3n) is 11.8. The summed E-state index contributed by atoms with van der Waals surface area (Å²) in [4.78, 5) is 5.31. The molecule has 0 fully saturated rings. The number of pyridine rings is 1. The number of para-hydroxylation sites is 3. The van der Waals surface area contributed by atoms with Gasteiger partial charge in [-0.25, -0.2) is 4.98 Å². The maximum absolute atomic E-state index is 5.31. The second kappa shape index (κ2) is 9.41. The summed E-state index contributed by atoms with van der Waals surface area (Å²) in [6, 6.07) is 56.1. The molecule has 0 spiro atoms. The molecule has 0 atom stereocenters. The first-order valence-corrected chi connectivity index (χ1v) is 17.8. The van der Waals surface area contributed by atoms with E-state index in [0.717, 1.165) is 27.9 Å². The SMILES string of the molecule is CC1(C)c2ccccc2-c2c3c1cccc3cc1c3ccccc3n(-c3ccc4c5ccc6ccccc6c5c5nc6ccccc6n5c4c3)c21. The molecule has 3 heterocycles. The average Bonchev–Trinajstić information content (AvgIpc) is 3.72. The summed E-state index contributed by atoms with van der Waals surface area (Å²) in [5.74, 6) is 0. The molecule has 3 heteroatoms. The summed E-state index contributed by atoms with van der Waals surface area (Å²) in [7, 11) is 0. The summed E-state index contributed by atoms with van der Waals surface area (Å²) in [5.41, 5.74) is 13.2. The van der Waals surface area contributed by atoms with E-state index in [1.807, 2.05) is 0 Å². The zero-order chi connectivity index (χ0) is 33.6. The summed E-state index contributed by atoms with van der Waals surface area (Å²) in [6.45, 7) is 4.75. The van der Waals surface area contributed by atoms with Gasteiger partial charge in [0.1, 0.15) is 5.65 Å². The van der Waals surface area contributed by atoms with Gasteiger partial charge in [0.05, 0.1) is 27.6 Å². The van der Waals surface area contributed by atoms with Gasteiger partial charge in [-0.05, 0) is 80.0 Å². The molecular weight excluding hydrogens is 619 g/mol. The number of fused-ring (bicyclic) bond motifs is 16. The van der Waals surface area contributed by atoms with Crippen molar-refractivity contribution < 1.29 is 0 Å². The van der Waals surface area contributed by atoms with Gasteiger partial charge in [0, 0.05) is 38.2 Å². The molecule has 8 aromatic carbocycles. The van der Waals surface area contributed by atoms with Crippen LogP contribution in [-0.4, -0.2) is 14.0 Å². The largest absolute Gasteiger partial charge is 0.309 e. The maximum Gasteiger partial charge on any atom is 0.147 e. The van der Waals surface area contributed by atoms with E-state index in [4.69, 9.17) is 4.98 Å². The van der Waals surface area contributed by atoms with Crippen molar-refractivity contribution in [1.29, 1.82) is 0 Å². The Bertz CT molecular complexity index is 3340. The van der Waals surface area contributed by atoms with Gasteiger partial charge >= 0.3 is 0 Å². The molecule has 51 heavy (non-hydrogen) atoms. The maximum atomic E-state index is 5.31. The Kier molecular flexibility index (Phi) is 5.05. The van der Waals surface area contributed by atoms with Crippen molar-refractivity contribution >= 4 is 81.7 Å². The Morgan fingerprint density at radius 1 is 0.490 bits per heavy atom. The van der Waals surface area contributed by atoms with Crippen LogP contribution in [-0.2, 0) is 5.41 Å². The van der Waals surface area contributed by atoms with Crippen molar-refractivity contribution in [2.24, 2.45) is 0 Å². The Morgan fingerprint density at radius 3 is 2.12 bits per heavy atom. The van der Waals surface area contributed by atoms with Crippen LogP contribution in [0, 0.1) is 0 Å². The molecule has 1 aliphatic rings. The van der Waals surface area contributed by atoms with Gasteiger partial charge in [-0.3, -0.25) is 4.40 Å². The Balaban J connectivity index is 1.29. The first-order valence-electron chi connectivity index (χ1n) is 17.8. The quantitative estimate of drug-likeness (QED) is 0.162. The highest BCUT2D eigenvalue weighted by Crippen LogP contribution is 2.53. The third-order valence-corrected chi connectivity index (χ3v) is 11.8. The third kappa shape index (κ3) is 3.36. The highest BCUT2D eigenvalue weighted by atomic mass is 15.0. The van der Waals surface area contributed by atoms with Crippen LogP contribution >= 0.6 is 0 Å². The van der Waals surface area contributed by atoms with Crippen LogP contribution in [0.5, 0.6) is 0 Å². The predicted octanol–water partition coefficient (Wildman–Crippen LogP) is 12.5. The standard InChI is InChI=1S/C48H31N3/c1-48(2)37-17-7-5-16-35(37)45-43-29(13-11-18-38(43)48)26-36-32-15-6-9-20-40(32)50(46(36)45)30-23-25-33-34-24-22-28-12-3-4-14-31(28)44(34)47-49-39-19-8-10-21-41(39)51(47)42(33)27-30/h3-27H,1-2H3. The van der Waals surface area contributed by atoms with E-state index in [2.05, 4.69) is 174 Å². The molecule has 12 rings (SSSR count). The summed E-state index contributed by atoms with van der Waals surface area (Å²) < 4.78 is 4.92. The van der Waals surface area contributed by atoms with Crippen LogP contribution in [0.25, 0.3) is 98.5 Å². The predicted molar refractivity (Wildman–Crippen MR) is 215 cm³/mol. The van der Waals surface area contributed by atoms with Crippen LogP contribution in [0.15, 0.2) is 152 Å². The lowest BCUT2D eigenvalue weighted by atomic mass is 9.68. The first-order chi connectivity index (χ1) is 25.1. The molecule has 238 valence electrons. The lowest BCUT2D eigenvalue weighted by molar-refractivity contribution is 0.645. The fraction of sp³-hybridized carbons (Fsp3) is 0.0625. The van der Waals surface area contributed by atoms with Gasteiger partial charge in [-0.1, -0.05) is 129 Å². The van der Waals surface area contributed by atoms with Crippen LogP contribution in [0.4, 0.5) is 0 Å². The van der Waals surface area contributed by atoms with Crippen LogP contribution in [0.3, 0.4) is 0 Å². The molecule has 0 saturated carbocycles. The molecule has 11 aromatic rings. The molecule has 0 amide bonds. The number of aromatic nitrogens is 3. The van der Waals surface area contributed by atoms with Crippen molar-refractivity contribution in [3.05, 3.63) is 163 Å². The van der Waals surface area contributed by atoms with E-state index >= 15 is 0 Å². The Morgan fingerprint density at radius 2 is 1.20 bits per heavy atom. The number of benzene rings is 8. The van der Waals surface area contributed by atoms with Crippen molar-refractivity contribution in [3.63, 3.8) is 0 Å². The van der Waals surface area contributed by atoms with Crippen LogP contribution in [0.2, 0.25) is 0 Å². The van der Waals surface area contributed by atoms with Crippen LogP contribution in [0.1, 0.15) is 25.0 Å². The van der Waals surface area contributed by atoms with Gasteiger partial charge in [-0.15, -0.1) is 0 Å². The molecule has 0 bridgehead atoms. The van der Waals surface area contributed by atoms with E-state index in [1.165, 1.54) is 81.8 Å². The van der Waals surface area contributed by atoms with E-state index < -0.39 is 0 Å². The summed E-state index contributed by atoms with van der Waals surface area (Å²) >= 11 is 0. The smallest absolute Gasteiger partial charge is 0.147 e. The number of imidazole rings is 1. The monoisotopic (exact) mass is 649 g/mol. The van der Waals surface area contributed by atoms with Gasteiger partial charge in [0.15, 0.2) is 0 Å². The zero-order valence-corrected chi connectivity index (χ0v) is 28.3. The Labute approximate surface area is 293 Å². The molecule has 1 aliphatic carbocycles. The zero-order valence-electron chi connectivity index (χ0n) is 28.3. The van der Waals surface area contributed by atoms with Crippen molar-refractivity contribution in [3.8, 4) is 16.8 Å². The first kappa shape index (κ1) is 27.4. The van der Waals surface area contributed by atoms with Crippen LogP contribution < -0.4 is 0 Å². The molecule has 3 aromatic heterocycles. The minimum absolute atomic E-state index is 0.115. The average molecular weight is 650 g/mol. The van der Waals surface area contributed by atoms with E-state index in [-0.39, 0.29) is 5.41 Å². The minimum Gasteiger partial charge on any atom is -0.309 e. The lowest BCUT2D eigenvalue weighted by Crippen LogP contribution is -2.23. The molecule has 0 radical (unpaired) electrons. The van der Waals surface area contributed by atoms with E-state index in [9.17, 15) is 0 Å². The van der Waals surface area contributed by atoms with E-state index in [1.54, 1.807) is 0 Å². The van der Waals surface area contributed by atoms with Gasteiger partial charge < -0.3 is 4.57 Å². The van der Waals surface area contributed by atoms with Gasteiger partial charge in [0.25, 0.3) is 0 Å². The summed E-state index contributed by atoms with van der Waals surface area (Å²) in [5, 5.41) is 11.3. The van der Waals surface area contributed by atoms with Gasteiger partial charge in [0.2, 0.25) is 0 Å². The number of nitrogens with zero attached hydrogens (tertiary/aromatic N) is 3. The second-order valence-electron chi connectivity index (χ2n) is 14.7. The highest BCUT2D eigenvalue weighted by Gasteiger charge is 2.35. The molecule has 0 saturated heterocycles. The normalized spacial score (nSPS) is 13.8.